The Balaban J connectivity index is 1.47. The Hall–Kier alpha value is -3.61. The third kappa shape index (κ3) is 3.24. The number of aryl methyl sites for hydroxylation is 1. The fourth-order valence-electron chi connectivity index (χ4n) is 3.79. The molecule has 29 heavy (non-hydrogen) atoms. The van der Waals surface area contributed by atoms with Crippen LogP contribution in [-0.2, 0) is 6.42 Å². The number of nitrogens with one attached hydrogen (secondary N) is 1. The zero-order chi connectivity index (χ0) is 19.8. The number of rotatable bonds is 4. The molecule has 1 aromatic carbocycles. The molecule has 4 aromatic rings. The van der Waals surface area contributed by atoms with Crippen molar-refractivity contribution in [2.75, 3.05) is 30.9 Å². The van der Waals surface area contributed by atoms with Crippen molar-refractivity contribution in [3.05, 3.63) is 60.4 Å². The summed E-state index contributed by atoms with van der Waals surface area (Å²) in [6, 6.07) is 14.3. The first-order chi connectivity index (χ1) is 14.2. The fourth-order valence-corrected chi connectivity index (χ4v) is 3.79. The average molecular weight is 386 g/mol. The molecule has 0 radical (unpaired) electrons. The second-order valence-electron chi connectivity index (χ2n) is 7.22. The van der Waals surface area contributed by atoms with Gasteiger partial charge in [-0.05, 0) is 48.7 Å². The van der Waals surface area contributed by atoms with Crippen LogP contribution in [0.3, 0.4) is 0 Å². The third-order valence-corrected chi connectivity index (χ3v) is 5.33. The van der Waals surface area contributed by atoms with Crippen LogP contribution in [0.2, 0.25) is 0 Å². The molecule has 0 spiro atoms. The van der Waals surface area contributed by atoms with Crippen LogP contribution in [0.1, 0.15) is 12.0 Å². The van der Waals surface area contributed by atoms with Crippen molar-refractivity contribution < 1.29 is 4.74 Å². The molecule has 7 nitrogen and oxygen atoms in total. The van der Waals surface area contributed by atoms with Crippen molar-refractivity contribution in [1.82, 2.24) is 19.6 Å². The Morgan fingerprint density at radius 2 is 1.97 bits per heavy atom. The van der Waals surface area contributed by atoms with Gasteiger partial charge in [-0.2, -0.15) is 0 Å². The van der Waals surface area contributed by atoms with Crippen LogP contribution in [0.15, 0.2) is 54.9 Å². The first-order valence-corrected chi connectivity index (χ1v) is 9.67. The number of hydrogen-bond donors (Lipinski definition) is 1. The molecule has 3 aromatic heterocycles. The van der Waals surface area contributed by atoms with Gasteiger partial charge in [-0.3, -0.25) is 0 Å². The standard InChI is InChI=1S/C22H22N6O/c1-27-11-3-4-15-5-7-17(12-20(15)27)25-22-24-14-18-8-9-19(28(18)26-22)16-6-10-21(29-2)23-13-16/h5-10,12-14H,3-4,11H2,1-2H3,(H,25,26). The molecule has 0 saturated heterocycles. The fraction of sp³-hybridized carbons (Fsp3) is 0.227. The smallest absolute Gasteiger partial charge is 0.245 e. The largest absolute Gasteiger partial charge is 0.481 e. The maximum absolute atomic E-state index is 5.15. The van der Waals surface area contributed by atoms with Gasteiger partial charge >= 0.3 is 0 Å². The van der Waals surface area contributed by atoms with Crippen LogP contribution in [0.4, 0.5) is 17.3 Å². The number of methoxy groups -OCH3 is 1. The summed E-state index contributed by atoms with van der Waals surface area (Å²) in [5.74, 6) is 1.14. The summed E-state index contributed by atoms with van der Waals surface area (Å²) >= 11 is 0. The van der Waals surface area contributed by atoms with Crippen molar-refractivity contribution in [3.63, 3.8) is 0 Å². The predicted molar refractivity (Wildman–Crippen MR) is 114 cm³/mol. The van der Waals surface area contributed by atoms with Gasteiger partial charge in [0.25, 0.3) is 0 Å². The van der Waals surface area contributed by atoms with E-state index >= 15 is 0 Å². The Morgan fingerprint density at radius 3 is 2.79 bits per heavy atom. The number of pyridine rings is 1. The zero-order valence-electron chi connectivity index (χ0n) is 16.5. The Labute approximate surface area is 169 Å². The number of anilines is 3. The predicted octanol–water partition coefficient (Wildman–Crippen LogP) is 3.93. The topological polar surface area (TPSA) is 67.6 Å². The number of benzene rings is 1. The summed E-state index contributed by atoms with van der Waals surface area (Å²) in [6.45, 7) is 1.08. The quantitative estimate of drug-likeness (QED) is 0.573. The highest BCUT2D eigenvalue weighted by Crippen LogP contribution is 2.30. The van der Waals surface area contributed by atoms with Gasteiger partial charge < -0.3 is 15.0 Å². The highest BCUT2D eigenvalue weighted by Gasteiger charge is 2.14. The summed E-state index contributed by atoms with van der Waals surface area (Å²) < 4.78 is 7.03. The van der Waals surface area contributed by atoms with Crippen molar-refractivity contribution in [1.29, 1.82) is 0 Å². The van der Waals surface area contributed by atoms with Gasteiger partial charge in [0.15, 0.2) is 0 Å². The van der Waals surface area contributed by atoms with Crippen LogP contribution in [0, 0.1) is 0 Å². The summed E-state index contributed by atoms with van der Waals surface area (Å²) in [5, 5.41) is 8.05. The lowest BCUT2D eigenvalue weighted by molar-refractivity contribution is 0.398. The van der Waals surface area contributed by atoms with Crippen molar-refractivity contribution >= 4 is 22.8 Å². The maximum atomic E-state index is 5.15. The second kappa shape index (κ2) is 7.09. The molecule has 0 aliphatic carbocycles. The van der Waals surface area contributed by atoms with E-state index < -0.39 is 0 Å². The minimum absolute atomic E-state index is 0.551. The minimum Gasteiger partial charge on any atom is -0.481 e. The maximum Gasteiger partial charge on any atom is 0.245 e. The molecule has 146 valence electrons. The van der Waals surface area contributed by atoms with Gasteiger partial charge in [0, 0.05) is 42.8 Å². The van der Waals surface area contributed by atoms with Gasteiger partial charge in [0.2, 0.25) is 11.8 Å². The van der Waals surface area contributed by atoms with Crippen LogP contribution in [-0.4, -0.2) is 40.3 Å². The molecule has 0 saturated carbocycles. The molecule has 7 heteroatoms. The number of ether oxygens (including phenoxy) is 1. The number of nitrogens with zero attached hydrogens (tertiary/aromatic N) is 5. The Bertz CT molecular complexity index is 1170. The summed E-state index contributed by atoms with van der Waals surface area (Å²) in [5.41, 5.74) is 6.48. The molecular formula is C22H22N6O. The monoisotopic (exact) mass is 386 g/mol. The van der Waals surface area contributed by atoms with E-state index in [9.17, 15) is 0 Å². The zero-order valence-corrected chi connectivity index (χ0v) is 16.5. The molecule has 0 amide bonds. The van der Waals surface area contributed by atoms with E-state index in [2.05, 4.69) is 45.4 Å². The summed E-state index contributed by atoms with van der Waals surface area (Å²) in [7, 11) is 3.75. The second-order valence-corrected chi connectivity index (χ2v) is 7.22. The molecule has 1 aliphatic heterocycles. The molecule has 0 fully saturated rings. The van der Waals surface area contributed by atoms with Gasteiger partial charge in [-0.25, -0.2) is 14.5 Å². The van der Waals surface area contributed by atoms with Crippen LogP contribution < -0.4 is 15.0 Å². The van der Waals surface area contributed by atoms with Crippen LogP contribution in [0.5, 0.6) is 5.88 Å². The van der Waals surface area contributed by atoms with Crippen LogP contribution in [0.25, 0.3) is 16.8 Å². The molecule has 1 aliphatic rings. The number of hydrogen-bond acceptors (Lipinski definition) is 6. The van der Waals surface area contributed by atoms with Crippen molar-refractivity contribution in [3.8, 4) is 17.1 Å². The van der Waals surface area contributed by atoms with E-state index in [1.54, 1.807) is 13.3 Å². The highest BCUT2D eigenvalue weighted by atomic mass is 16.5. The lowest BCUT2D eigenvalue weighted by Gasteiger charge is -2.28. The van der Waals surface area contributed by atoms with Crippen LogP contribution >= 0.6 is 0 Å². The van der Waals surface area contributed by atoms with E-state index in [0.29, 0.717) is 11.8 Å². The molecule has 4 heterocycles. The molecule has 1 N–H and O–H groups in total. The lowest BCUT2D eigenvalue weighted by Crippen LogP contribution is -2.24. The van der Waals surface area contributed by atoms with E-state index in [1.807, 2.05) is 35.0 Å². The Morgan fingerprint density at radius 1 is 1.03 bits per heavy atom. The SMILES string of the molecule is COc1ccc(-c2ccc3cnc(Nc4ccc5c(c4)N(C)CCC5)nn23)cn1. The number of fused-ring (bicyclic) bond motifs is 2. The lowest BCUT2D eigenvalue weighted by atomic mass is 10.0. The summed E-state index contributed by atoms with van der Waals surface area (Å²) in [6.07, 6.45) is 5.94. The highest BCUT2D eigenvalue weighted by molar-refractivity contribution is 5.68. The van der Waals surface area contributed by atoms with E-state index in [4.69, 9.17) is 9.84 Å². The molecule has 0 atom stereocenters. The van der Waals surface area contributed by atoms with E-state index in [0.717, 1.165) is 35.4 Å². The van der Waals surface area contributed by atoms with Crippen molar-refractivity contribution in [2.45, 2.75) is 12.8 Å². The molecule has 0 unspecified atom stereocenters. The average Bonchev–Trinajstić information content (AvgIpc) is 3.18. The van der Waals surface area contributed by atoms with E-state index in [1.165, 1.54) is 17.7 Å². The third-order valence-electron chi connectivity index (χ3n) is 5.33. The van der Waals surface area contributed by atoms with Gasteiger partial charge in [-0.1, -0.05) is 6.07 Å². The summed E-state index contributed by atoms with van der Waals surface area (Å²) in [4.78, 5) is 11.1. The van der Waals surface area contributed by atoms with E-state index in [-0.39, 0.29) is 0 Å². The van der Waals surface area contributed by atoms with Crippen molar-refractivity contribution in [2.24, 2.45) is 0 Å². The number of aromatic nitrogens is 4. The normalized spacial score (nSPS) is 13.4. The minimum atomic E-state index is 0.551. The first-order valence-electron chi connectivity index (χ1n) is 9.67. The van der Waals surface area contributed by atoms with Gasteiger partial charge in [0.05, 0.1) is 24.5 Å². The molecular weight excluding hydrogens is 364 g/mol. The molecule has 0 bridgehead atoms. The molecule has 5 rings (SSSR count). The first kappa shape index (κ1) is 17.5. The Kier molecular flexibility index (Phi) is 4.27. The van der Waals surface area contributed by atoms with Gasteiger partial charge in [-0.15, -0.1) is 5.10 Å². The van der Waals surface area contributed by atoms with Gasteiger partial charge in [0.1, 0.15) is 0 Å².